The molecule has 4 rings (SSSR count). The van der Waals surface area contributed by atoms with Crippen LogP contribution in [0.1, 0.15) is 12.8 Å². The highest BCUT2D eigenvalue weighted by molar-refractivity contribution is 7.21. The largest absolute Gasteiger partial charge is 0.467 e. The topological polar surface area (TPSA) is 73.3 Å². The maximum atomic E-state index is 12.0. The van der Waals surface area contributed by atoms with Crippen molar-refractivity contribution in [3.05, 3.63) is 42.7 Å². The van der Waals surface area contributed by atoms with Crippen molar-refractivity contribution in [3.8, 4) is 16.3 Å². The third-order valence-corrected chi connectivity index (χ3v) is 5.33. The summed E-state index contributed by atoms with van der Waals surface area (Å²) in [6.45, 7) is 1.23. The average Bonchev–Trinajstić information content (AvgIpc) is 3.35. The molecule has 0 bridgehead atoms. The first kappa shape index (κ1) is 16.9. The van der Waals surface area contributed by atoms with Crippen molar-refractivity contribution in [3.63, 3.8) is 0 Å². The summed E-state index contributed by atoms with van der Waals surface area (Å²) in [5.74, 6) is 0.256. The summed E-state index contributed by atoms with van der Waals surface area (Å²) in [5.41, 5.74) is 1.12. The quantitative estimate of drug-likeness (QED) is 0.723. The summed E-state index contributed by atoms with van der Waals surface area (Å²) >= 11 is 1.58. The zero-order valence-corrected chi connectivity index (χ0v) is 15.0. The van der Waals surface area contributed by atoms with Crippen LogP contribution in [0, 0.1) is 0 Å². The van der Waals surface area contributed by atoms with Gasteiger partial charge in [0.1, 0.15) is 11.2 Å². The molecule has 1 N–H and O–H groups in total. The van der Waals surface area contributed by atoms with E-state index >= 15 is 0 Å². The van der Waals surface area contributed by atoms with Gasteiger partial charge in [-0.2, -0.15) is 0 Å². The van der Waals surface area contributed by atoms with E-state index in [0.29, 0.717) is 12.4 Å². The van der Waals surface area contributed by atoms with E-state index in [1.807, 2.05) is 24.3 Å². The monoisotopic (exact) mass is 369 g/mol. The van der Waals surface area contributed by atoms with Gasteiger partial charge in [-0.25, -0.2) is 9.97 Å². The molecule has 1 aliphatic rings. The van der Waals surface area contributed by atoms with Gasteiger partial charge in [0.2, 0.25) is 5.88 Å². The zero-order chi connectivity index (χ0) is 17.8. The Morgan fingerprint density at radius 3 is 3.00 bits per heavy atom. The predicted octanol–water partition coefficient (Wildman–Crippen LogP) is 3.03. The van der Waals surface area contributed by atoms with Gasteiger partial charge in [-0.1, -0.05) is 30.3 Å². The van der Waals surface area contributed by atoms with Gasteiger partial charge < -0.3 is 14.8 Å². The Hall–Kier alpha value is -2.51. The second-order valence-corrected chi connectivity index (χ2v) is 7.13. The molecule has 2 aromatic heterocycles. The number of ether oxygens (including phenoxy) is 2. The second-order valence-electron chi connectivity index (χ2n) is 6.10. The van der Waals surface area contributed by atoms with Gasteiger partial charge in [0.25, 0.3) is 5.91 Å². The van der Waals surface area contributed by atoms with Gasteiger partial charge in [-0.15, -0.1) is 11.3 Å². The lowest BCUT2D eigenvalue weighted by Gasteiger charge is -2.11. The highest BCUT2D eigenvalue weighted by Crippen LogP contribution is 2.35. The van der Waals surface area contributed by atoms with Crippen molar-refractivity contribution in [1.29, 1.82) is 0 Å². The summed E-state index contributed by atoms with van der Waals surface area (Å²) in [4.78, 5) is 22.4. The lowest BCUT2D eigenvalue weighted by Crippen LogP contribution is -2.35. The summed E-state index contributed by atoms with van der Waals surface area (Å²) in [5, 5.41) is 3.67. The van der Waals surface area contributed by atoms with Gasteiger partial charge >= 0.3 is 0 Å². The first-order valence-electron chi connectivity index (χ1n) is 8.60. The fourth-order valence-corrected chi connectivity index (χ4v) is 3.91. The van der Waals surface area contributed by atoms with E-state index < -0.39 is 0 Å². The van der Waals surface area contributed by atoms with E-state index in [9.17, 15) is 4.79 Å². The van der Waals surface area contributed by atoms with Crippen molar-refractivity contribution in [1.82, 2.24) is 15.3 Å². The third kappa shape index (κ3) is 3.84. The normalized spacial score (nSPS) is 16.7. The van der Waals surface area contributed by atoms with Crippen LogP contribution >= 0.6 is 11.3 Å². The smallest absolute Gasteiger partial charge is 0.258 e. The van der Waals surface area contributed by atoms with Crippen molar-refractivity contribution in [2.75, 3.05) is 19.8 Å². The fraction of sp³-hybridized carbons (Fsp3) is 0.316. The number of fused-ring (bicyclic) bond motifs is 1. The molecule has 1 atom stereocenters. The highest BCUT2D eigenvalue weighted by atomic mass is 32.1. The summed E-state index contributed by atoms with van der Waals surface area (Å²) in [6.07, 6.45) is 3.63. The first-order chi connectivity index (χ1) is 12.8. The SMILES string of the molecule is O=C(COc1ncnc2sc(-c3ccccc3)cc12)NCC1CCCO1. The number of nitrogens with one attached hydrogen (secondary N) is 1. The van der Waals surface area contributed by atoms with Crippen LogP contribution in [0.2, 0.25) is 0 Å². The molecule has 0 aliphatic carbocycles. The molecule has 1 aromatic carbocycles. The maximum absolute atomic E-state index is 12.0. The van der Waals surface area contributed by atoms with Crippen LogP contribution in [0.25, 0.3) is 20.7 Å². The highest BCUT2D eigenvalue weighted by Gasteiger charge is 2.17. The lowest BCUT2D eigenvalue weighted by molar-refractivity contribution is -0.123. The van der Waals surface area contributed by atoms with Gasteiger partial charge in [-0.05, 0) is 24.5 Å². The number of carbonyl (C=O) groups excluding carboxylic acids is 1. The van der Waals surface area contributed by atoms with E-state index in [4.69, 9.17) is 9.47 Å². The molecule has 7 heteroatoms. The molecule has 1 amide bonds. The summed E-state index contributed by atoms with van der Waals surface area (Å²) < 4.78 is 11.1. The third-order valence-electron chi connectivity index (χ3n) is 4.24. The van der Waals surface area contributed by atoms with Gasteiger partial charge in [-0.3, -0.25) is 4.79 Å². The summed E-state index contributed by atoms with van der Waals surface area (Å²) in [7, 11) is 0. The molecular formula is C19H19N3O3S. The Balaban J connectivity index is 1.43. The number of amides is 1. The lowest BCUT2D eigenvalue weighted by atomic mass is 10.2. The molecular weight excluding hydrogens is 350 g/mol. The predicted molar refractivity (Wildman–Crippen MR) is 100 cm³/mol. The van der Waals surface area contributed by atoms with E-state index in [1.54, 1.807) is 11.3 Å². The molecule has 3 aromatic rings. The molecule has 1 unspecified atom stereocenters. The van der Waals surface area contributed by atoms with Crippen molar-refractivity contribution in [2.24, 2.45) is 0 Å². The van der Waals surface area contributed by atoms with Crippen LogP contribution < -0.4 is 10.1 Å². The number of carbonyl (C=O) groups is 1. The Labute approximate surface area is 155 Å². The fourth-order valence-electron chi connectivity index (χ4n) is 2.91. The first-order valence-corrected chi connectivity index (χ1v) is 9.42. The Morgan fingerprint density at radius 1 is 1.31 bits per heavy atom. The minimum absolute atomic E-state index is 0.0741. The van der Waals surface area contributed by atoms with Crippen molar-refractivity contribution < 1.29 is 14.3 Å². The minimum atomic E-state index is -0.175. The van der Waals surface area contributed by atoms with Crippen LogP contribution in [0.3, 0.4) is 0 Å². The molecule has 0 spiro atoms. The molecule has 0 saturated carbocycles. The van der Waals surface area contributed by atoms with E-state index in [0.717, 1.165) is 40.1 Å². The van der Waals surface area contributed by atoms with Crippen LogP contribution in [-0.2, 0) is 9.53 Å². The Bertz CT molecular complexity index is 891. The molecule has 26 heavy (non-hydrogen) atoms. The number of thiophene rings is 1. The van der Waals surface area contributed by atoms with E-state index in [-0.39, 0.29) is 18.6 Å². The maximum Gasteiger partial charge on any atom is 0.258 e. The van der Waals surface area contributed by atoms with Crippen molar-refractivity contribution in [2.45, 2.75) is 18.9 Å². The molecule has 6 nitrogen and oxygen atoms in total. The van der Waals surface area contributed by atoms with Crippen LogP contribution in [0.5, 0.6) is 5.88 Å². The van der Waals surface area contributed by atoms with Gasteiger partial charge in [0.05, 0.1) is 11.5 Å². The minimum Gasteiger partial charge on any atom is -0.467 e. The van der Waals surface area contributed by atoms with Gasteiger partial charge in [0, 0.05) is 18.0 Å². The van der Waals surface area contributed by atoms with Crippen LogP contribution in [0.4, 0.5) is 0 Å². The number of hydrogen-bond donors (Lipinski definition) is 1. The van der Waals surface area contributed by atoms with Gasteiger partial charge in [0.15, 0.2) is 6.61 Å². The molecule has 134 valence electrons. The molecule has 1 fully saturated rings. The standard InChI is InChI=1S/C19H19N3O3S/c23-17(20-10-14-7-4-8-24-14)11-25-18-15-9-16(13-5-2-1-3-6-13)26-19(15)22-12-21-18/h1-3,5-6,9,12,14H,4,7-8,10-11H2,(H,20,23). The number of nitrogens with zero attached hydrogens (tertiary/aromatic N) is 2. The zero-order valence-electron chi connectivity index (χ0n) is 14.2. The van der Waals surface area contributed by atoms with Crippen LogP contribution in [-0.4, -0.2) is 41.7 Å². The number of rotatable bonds is 6. The molecule has 1 aliphatic heterocycles. The number of hydrogen-bond acceptors (Lipinski definition) is 6. The number of benzene rings is 1. The van der Waals surface area contributed by atoms with Crippen molar-refractivity contribution >= 4 is 27.5 Å². The average molecular weight is 369 g/mol. The number of aromatic nitrogens is 2. The Morgan fingerprint density at radius 2 is 2.19 bits per heavy atom. The molecule has 0 radical (unpaired) electrons. The van der Waals surface area contributed by atoms with E-state index in [2.05, 4.69) is 27.4 Å². The molecule has 3 heterocycles. The molecule has 1 saturated heterocycles. The second kappa shape index (κ2) is 7.80. The van der Waals surface area contributed by atoms with Crippen LogP contribution in [0.15, 0.2) is 42.7 Å². The van der Waals surface area contributed by atoms with E-state index in [1.165, 1.54) is 6.33 Å². The summed E-state index contributed by atoms with van der Waals surface area (Å²) in [6, 6.07) is 12.1. The Kier molecular flexibility index (Phi) is 5.08.